The Morgan fingerprint density at radius 1 is 1.22 bits per heavy atom. The second kappa shape index (κ2) is 7.91. The fourth-order valence-corrected chi connectivity index (χ4v) is 2.76. The monoisotopic (exact) mass is 343 g/mol. The third-order valence-corrected chi connectivity index (χ3v) is 4.00. The molecule has 124 valence electrons. The summed E-state index contributed by atoms with van der Waals surface area (Å²) in [5.74, 6) is -2.28. The van der Waals surface area contributed by atoms with Crippen molar-refractivity contribution in [2.24, 2.45) is 0 Å². The topological polar surface area (TPSA) is 78.5 Å². The molecule has 0 radical (unpaired) electrons. The molecular weight excluding hydrogens is 328 g/mol. The van der Waals surface area contributed by atoms with Gasteiger partial charge in [-0.15, -0.1) is 0 Å². The Bertz CT molecular complexity index is 627. The molecule has 1 aromatic rings. The van der Waals surface area contributed by atoms with Crippen molar-refractivity contribution in [3.05, 3.63) is 29.8 Å². The zero-order chi connectivity index (χ0) is 16.8. The van der Waals surface area contributed by atoms with Crippen molar-refractivity contribution < 1.29 is 23.2 Å². The van der Waals surface area contributed by atoms with Crippen LogP contribution in [0.3, 0.4) is 0 Å². The van der Waals surface area contributed by atoms with E-state index in [4.69, 9.17) is 0 Å². The van der Waals surface area contributed by atoms with Crippen LogP contribution in [0.4, 0.5) is 19.3 Å². The van der Waals surface area contributed by atoms with E-state index in [1.165, 1.54) is 17.8 Å². The van der Waals surface area contributed by atoms with Crippen molar-refractivity contribution in [1.82, 2.24) is 10.2 Å². The van der Waals surface area contributed by atoms with Gasteiger partial charge in [-0.1, -0.05) is 11.8 Å². The third kappa shape index (κ3) is 5.20. The van der Waals surface area contributed by atoms with E-state index in [2.05, 4.69) is 10.6 Å². The van der Waals surface area contributed by atoms with Crippen molar-refractivity contribution in [2.45, 2.75) is 6.42 Å². The second-order valence-electron chi connectivity index (χ2n) is 4.81. The lowest BCUT2D eigenvalue weighted by Crippen LogP contribution is -2.35. The molecule has 23 heavy (non-hydrogen) atoms. The van der Waals surface area contributed by atoms with Gasteiger partial charge in [-0.3, -0.25) is 14.4 Å². The molecule has 1 aliphatic rings. The molecule has 3 amide bonds. The van der Waals surface area contributed by atoms with Crippen molar-refractivity contribution in [2.75, 3.05) is 30.7 Å². The Balaban J connectivity index is 1.70. The van der Waals surface area contributed by atoms with Crippen LogP contribution in [-0.4, -0.2) is 47.3 Å². The van der Waals surface area contributed by atoms with Crippen LogP contribution >= 0.6 is 11.8 Å². The molecule has 0 unspecified atom stereocenters. The molecule has 1 fully saturated rings. The lowest BCUT2D eigenvalue weighted by atomic mass is 10.3. The van der Waals surface area contributed by atoms with Gasteiger partial charge in [0.05, 0.1) is 6.54 Å². The number of amides is 3. The standard InChI is InChI=1S/C14H15F2N3O3S/c15-10-2-1-9(7-11(10)16)18-13(21)8-17-12(20)3-4-19-5-6-23-14(19)22/h1-2,7H,3-6,8H2,(H,17,20)(H,18,21). The zero-order valence-corrected chi connectivity index (χ0v) is 12.9. The van der Waals surface area contributed by atoms with Crippen LogP contribution in [0.2, 0.25) is 0 Å². The number of hydrogen-bond donors (Lipinski definition) is 2. The molecule has 0 saturated carbocycles. The fourth-order valence-electron chi connectivity index (χ4n) is 1.91. The first-order chi connectivity index (χ1) is 11.0. The van der Waals surface area contributed by atoms with Gasteiger partial charge in [-0.05, 0) is 12.1 Å². The van der Waals surface area contributed by atoms with Gasteiger partial charge in [0.2, 0.25) is 11.8 Å². The largest absolute Gasteiger partial charge is 0.347 e. The molecule has 0 aromatic heterocycles. The molecule has 1 saturated heterocycles. The first kappa shape index (κ1) is 17.2. The zero-order valence-electron chi connectivity index (χ0n) is 12.1. The van der Waals surface area contributed by atoms with E-state index >= 15 is 0 Å². The summed E-state index contributed by atoms with van der Waals surface area (Å²) in [6.45, 7) is 0.635. The number of thioether (sulfide) groups is 1. The minimum absolute atomic E-state index is 0.0473. The highest BCUT2D eigenvalue weighted by Gasteiger charge is 2.21. The molecular formula is C14H15F2N3O3S. The minimum Gasteiger partial charge on any atom is -0.347 e. The van der Waals surface area contributed by atoms with Crippen LogP contribution in [-0.2, 0) is 9.59 Å². The molecule has 0 aliphatic carbocycles. The van der Waals surface area contributed by atoms with Crippen LogP contribution in [0.5, 0.6) is 0 Å². The normalized spacial score (nSPS) is 14.0. The first-order valence-electron chi connectivity index (χ1n) is 6.89. The Hall–Kier alpha value is -2.16. The van der Waals surface area contributed by atoms with E-state index in [1.54, 1.807) is 4.90 Å². The number of rotatable bonds is 6. The summed E-state index contributed by atoms with van der Waals surface area (Å²) in [5, 5.41) is 4.70. The van der Waals surface area contributed by atoms with Crippen LogP contribution < -0.4 is 10.6 Å². The maximum Gasteiger partial charge on any atom is 0.281 e. The lowest BCUT2D eigenvalue weighted by Gasteiger charge is -2.13. The van der Waals surface area contributed by atoms with Crippen LogP contribution in [0.25, 0.3) is 0 Å². The number of halogens is 2. The summed E-state index contributed by atoms with van der Waals surface area (Å²) in [6.07, 6.45) is 0.102. The maximum absolute atomic E-state index is 13.0. The van der Waals surface area contributed by atoms with E-state index in [0.717, 1.165) is 17.9 Å². The van der Waals surface area contributed by atoms with E-state index in [0.29, 0.717) is 13.1 Å². The van der Waals surface area contributed by atoms with E-state index in [9.17, 15) is 23.2 Å². The van der Waals surface area contributed by atoms with Gasteiger partial charge in [0.1, 0.15) is 0 Å². The van der Waals surface area contributed by atoms with Crippen molar-refractivity contribution in [1.29, 1.82) is 0 Å². The number of carbonyl (C=O) groups is 3. The summed E-state index contributed by atoms with van der Waals surface area (Å²) >= 11 is 1.21. The van der Waals surface area contributed by atoms with Crippen LogP contribution in [0.1, 0.15) is 6.42 Å². The predicted octanol–water partition coefficient (Wildman–Crippen LogP) is 1.58. The van der Waals surface area contributed by atoms with Gasteiger partial charge in [0, 0.05) is 37.0 Å². The molecule has 2 N–H and O–H groups in total. The molecule has 0 atom stereocenters. The average molecular weight is 343 g/mol. The summed E-state index contributed by atoms with van der Waals surface area (Å²) in [5.41, 5.74) is 0.0998. The SMILES string of the molecule is O=C(CCN1CCSC1=O)NCC(=O)Nc1ccc(F)c(F)c1. The van der Waals surface area contributed by atoms with Crippen LogP contribution in [0.15, 0.2) is 18.2 Å². The second-order valence-corrected chi connectivity index (χ2v) is 5.85. The highest BCUT2D eigenvalue weighted by molar-refractivity contribution is 8.13. The van der Waals surface area contributed by atoms with E-state index in [-0.39, 0.29) is 29.8 Å². The Morgan fingerprint density at radius 3 is 2.65 bits per heavy atom. The van der Waals surface area contributed by atoms with Crippen molar-refractivity contribution in [3.8, 4) is 0 Å². The van der Waals surface area contributed by atoms with Gasteiger partial charge in [-0.25, -0.2) is 8.78 Å². The van der Waals surface area contributed by atoms with Crippen molar-refractivity contribution in [3.63, 3.8) is 0 Å². The Kier molecular flexibility index (Phi) is 5.91. The molecule has 1 aliphatic heterocycles. The highest BCUT2D eigenvalue weighted by Crippen LogP contribution is 2.17. The van der Waals surface area contributed by atoms with E-state index in [1.807, 2.05) is 0 Å². The number of benzene rings is 1. The molecule has 9 heteroatoms. The number of hydrogen-bond acceptors (Lipinski definition) is 4. The quantitative estimate of drug-likeness (QED) is 0.822. The third-order valence-electron chi connectivity index (χ3n) is 3.10. The number of anilines is 1. The molecule has 2 rings (SSSR count). The molecule has 0 bridgehead atoms. The summed E-state index contributed by atoms with van der Waals surface area (Å²) in [6, 6.07) is 2.97. The van der Waals surface area contributed by atoms with E-state index < -0.39 is 17.5 Å². The fraction of sp³-hybridized carbons (Fsp3) is 0.357. The van der Waals surface area contributed by atoms with Gasteiger partial charge in [0.15, 0.2) is 11.6 Å². The number of nitrogens with zero attached hydrogens (tertiary/aromatic N) is 1. The van der Waals surface area contributed by atoms with Gasteiger partial charge in [-0.2, -0.15) is 0 Å². The average Bonchev–Trinajstić information content (AvgIpc) is 2.92. The van der Waals surface area contributed by atoms with Gasteiger partial charge < -0.3 is 15.5 Å². The van der Waals surface area contributed by atoms with Gasteiger partial charge in [0.25, 0.3) is 5.24 Å². The minimum atomic E-state index is -1.07. The number of nitrogens with one attached hydrogen (secondary N) is 2. The Morgan fingerprint density at radius 2 is 2.00 bits per heavy atom. The highest BCUT2D eigenvalue weighted by atomic mass is 32.2. The van der Waals surface area contributed by atoms with Gasteiger partial charge >= 0.3 is 0 Å². The molecule has 1 aromatic carbocycles. The lowest BCUT2D eigenvalue weighted by molar-refractivity contribution is -0.124. The molecule has 6 nitrogen and oxygen atoms in total. The summed E-state index contributed by atoms with van der Waals surface area (Å²) in [7, 11) is 0. The molecule has 1 heterocycles. The maximum atomic E-state index is 13.0. The number of carbonyl (C=O) groups excluding carboxylic acids is 3. The first-order valence-corrected chi connectivity index (χ1v) is 7.87. The smallest absolute Gasteiger partial charge is 0.281 e. The molecule has 0 spiro atoms. The summed E-state index contributed by atoms with van der Waals surface area (Å²) < 4.78 is 25.8. The summed E-state index contributed by atoms with van der Waals surface area (Å²) in [4.78, 5) is 36.2. The predicted molar refractivity (Wildman–Crippen MR) is 82.0 cm³/mol. The Labute approximate surface area is 135 Å². The van der Waals surface area contributed by atoms with Crippen LogP contribution in [0, 0.1) is 11.6 Å². The van der Waals surface area contributed by atoms with Crippen molar-refractivity contribution >= 4 is 34.5 Å².